The van der Waals surface area contributed by atoms with Gasteiger partial charge in [0.05, 0.1) is 10.9 Å². The lowest BCUT2D eigenvalue weighted by Gasteiger charge is -2.40. The molecule has 1 aliphatic heterocycles. The van der Waals surface area contributed by atoms with Crippen LogP contribution in [0, 0.1) is 11.8 Å². The monoisotopic (exact) mass is 377 g/mol. The second-order valence-corrected chi connectivity index (χ2v) is 8.05. The van der Waals surface area contributed by atoms with Gasteiger partial charge in [0, 0.05) is 26.2 Å². The Bertz CT molecular complexity index is 1130. The summed E-state index contributed by atoms with van der Waals surface area (Å²) in [5, 5.41) is 10.0. The molecule has 2 N–H and O–H groups in total. The van der Waals surface area contributed by atoms with E-state index >= 15 is 0 Å². The lowest BCUT2D eigenvalue weighted by molar-refractivity contribution is 0.191. The van der Waals surface area contributed by atoms with Crippen LogP contribution < -0.4 is 11.2 Å². The zero-order valence-corrected chi connectivity index (χ0v) is 15.5. The molecule has 0 radical (unpaired) electrons. The predicted molar refractivity (Wildman–Crippen MR) is 108 cm³/mol. The number of aromatic amines is 1. The van der Waals surface area contributed by atoms with Crippen LogP contribution >= 0.6 is 0 Å². The van der Waals surface area contributed by atoms with Gasteiger partial charge in [0.15, 0.2) is 0 Å². The van der Waals surface area contributed by atoms with E-state index in [1.54, 1.807) is 24.3 Å². The Morgan fingerprint density at radius 3 is 2.61 bits per heavy atom. The molecule has 1 aliphatic carbocycles. The highest BCUT2D eigenvalue weighted by molar-refractivity contribution is 5.76. The summed E-state index contributed by atoms with van der Waals surface area (Å²) in [6, 6.07) is 14.7. The van der Waals surface area contributed by atoms with Gasteiger partial charge in [-0.3, -0.25) is 9.36 Å². The van der Waals surface area contributed by atoms with Gasteiger partial charge in [-0.1, -0.05) is 24.3 Å². The topological polar surface area (TPSA) is 78.3 Å². The van der Waals surface area contributed by atoms with E-state index in [9.17, 15) is 14.7 Å². The average molecular weight is 377 g/mol. The third-order valence-corrected chi connectivity index (χ3v) is 6.49. The molecular formula is C22H23N3O3. The molecule has 5 rings (SSSR count). The molecule has 2 fully saturated rings. The highest BCUT2D eigenvalue weighted by Crippen LogP contribution is 2.51. The SMILES string of the molecule is O=c1[nH]c2ccccc2c(=O)n1CCN1CC2CC(c3ccc(O)cc3)C2C1. The number of phenols is 1. The molecule has 3 atom stereocenters. The molecule has 0 amide bonds. The maximum Gasteiger partial charge on any atom is 0.328 e. The molecule has 2 aliphatic rings. The standard InChI is InChI=1S/C22H23N3O3/c26-16-7-5-14(6-8-16)18-11-15-12-24(13-19(15)18)9-10-25-21(27)17-3-1-2-4-20(17)23-22(25)28/h1-8,15,18-19,26H,9-13H2,(H,23,28). The number of fused-ring (bicyclic) bond motifs is 2. The third kappa shape index (κ3) is 2.85. The first-order valence-electron chi connectivity index (χ1n) is 9.83. The Balaban J connectivity index is 1.28. The van der Waals surface area contributed by atoms with Crippen molar-refractivity contribution in [3.8, 4) is 5.75 Å². The molecular weight excluding hydrogens is 354 g/mol. The van der Waals surface area contributed by atoms with Gasteiger partial charge in [-0.2, -0.15) is 0 Å². The van der Waals surface area contributed by atoms with Crippen LogP contribution in [0.4, 0.5) is 0 Å². The van der Waals surface area contributed by atoms with E-state index in [0.29, 0.717) is 47.5 Å². The summed E-state index contributed by atoms with van der Waals surface area (Å²) >= 11 is 0. The first kappa shape index (κ1) is 17.3. The Morgan fingerprint density at radius 2 is 1.79 bits per heavy atom. The number of nitrogens with zero attached hydrogens (tertiary/aromatic N) is 2. The van der Waals surface area contributed by atoms with Crippen LogP contribution in [-0.4, -0.2) is 39.2 Å². The molecule has 0 spiro atoms. The molecule has 144 valence electrons. The Labute approximate surface area is 162 Å². The van der Waals surface area contributed by atoms with Crippen LogP contribution in [-0.2, 0) is 6.54 Å². The molecule has 1 aromatic heterocycles. The van der Waals surface area contributed by atoms with Crippen molar-refractivity contribution in [2.75, 3.05) is 19.6 Å². The van der Waals surface area contributed by atoms with E-state index in [0.717, 1.165) is 13.1 Å². The molecule has 0 bridgehead atoms. The summed E-state index contributed by atoms with van der Waals surface area (Å²) in [4.78, 5) is 30.2. The number of hydrogen-bond acceptors (Lipinski definition) is 4. The first-order chi connectivity index (χ1) is 13.6. The number of benzene rings is 2. The number of aromatic nitrogens is 2. The van der Waals surface area contributed by atoms with E-state index in [1.807, 2.05) is 24.3 Å². The number of phenolic OH excluding ortho intramolecular Hbond substituents is 1. The largest absolute Gasteiger partial charge is 0.508 e. The maximum atomic E-state index is 12.7. The number of hydrogen-bond donors (Lipinski definition) is 2. The molecule has 3 unspecified atom stereocenters. The summed E-state index contributed by atoms with van der Waals surface area (Å²) < 4.78 is 1.32. The number of likely N-dealkylation sites (tertiary alicyclic amines) is 1. The predicted octanol–water partition coefficient (Wildman–Crippen LogP) is 2.13. The normalized spacial score (nSPS) is 24.2. The fourth-order valence-corrected chi connectivity index (χ4v) is 4.93. The van der Waals surface area contributed by atoms with Gasteiger partial charge in [-0.25, -0.2) is 4.79 Å². The number of H-pyrrole nitrogens is 1. The Kier molecular flexibility index (Phi) is 4.09. The second-order valence-electron chi connectivity index (χ2n) is 8.05. The van der Waals surface area contributed by atoms with Crippen molar-refractivity contribution < 1.29 is 5.11 Å². The molecule has 1 saturated heterocycles. The summed E-state index contributed by atoms with van der Waals surface area (Å²) in [5.41, 5.74) is 1.32. The van der Waals surface area contributed by atoms with Gasteiger partial charge in [0.25, 0.3) is 5.56 Å². The number of nitrogens with one attached hydrogen (secondary N) is 1. The second kappa shape index (κ2) is 6.63. The lowest BCUT2D eigenvalue weighted by atomic mass is 9.64. The quantitative estimate of drug-likeness (QED) is 0.730. The van der Waals surface area contributed by atoms with Crippen molar-refractivity contribution in [2.24, 2.45) is 11.8 Å². The number of para-hydroxylation sites is 1. The minimum absolute atomic E-state index is 0.219. The molecule has 1 saturated carbocycles. The molecule has 2 heterocycles. The van der Waals surface area contributed by atoms with Gasteiger partial charge >= 0.3 is 5.69 Å². The van der Waals surface area contributed by atoms with Gasteiger partial charge in [0.1, 0.15) is 5.75 Å². The first-order valence-corrected chi connectivity index (χ1v) is 9.83. The van der Waals surface area contributed by atoms with E-state index in [-0.39, 0.29) is 11.2 Å². The Morgan fingerprint density at radius 1 is 1.00 bits per heavy atom. The summed E-state index contributed by atoms with van der Waals surface area (Å²) in [6.45, 7) is 3.13. The van der Waals surface area contributed by atoms with Crippen molar-refractivity contribution in [3.05, 3.63) is 74.9 Å². The molecule has 2 aromatic carbocycles. The van der Waals surface area contributed by atoms with Crippen LogP contribution in [0.2, 0.25) is 0 Å². The highest BCUT2D eigenvalue weighted by atomic mass is 16.3. The van der Waals surface area contributed by atoms with Crippen LogP contribution in [0.1, 0.15) is 17.9 Å². The van der Waals surface area contributed by atoms with E-state index < -0.39 is 0 Å². The molecule has 28 heavy (non-hydrogen) atoms. The van der Waals surface area contributed by atoms with Crippen molar-refractivity contribution in [1.29, 1.82) is 0 Å². The van der Waals surface area contributed by atoms with E-state index in [2.05, 4.69) is 9.88 Å². The van der Waals surface area contributed by atoms with E-state index in [1.165, 1.54) is 16.6 Å². The number of aromatic hydroxyl groups is 1. The van der Waals surface area contributed by atoms with Crippen LogP contribution in [0.15, 0.2) is 58.1 Å². The van der Waals surface area contributed by atoms with Gasteiger partial charge in [0.2, 0.25) is 0 Å². The fourth-order valence-electron chi connectivity index (χ4n) is 4.93. The van der Waals surface area contributed by atoms with Crippen molar-refractivity contribution in [3.63, 3.8) is 0 Å². The smallest absolute Gasteiger partial charge is 0.328 e. The van der Waals surface area contributed by atoms with Gasteiger partial charge < -0.3 is 15.0 Å². The van der Waals surface area contributed by atoms with Crippen molar-refractivity contribution in [2.45, 2.75) is 18.9 Å². The summed E-state index contributed by atoms with van der Waals surface area (Å²) in [6.07, 6.45) is 1.17. The van der Waals surface area contributed by atoms with Crippen LogP contribution in [0.3, 0.4) is 0 Å². The lowest BCUT2D eigenvalue weighted by Crippen LogP contribution is -2.38. The summed E-state index contributed by atoms with van der Waals surface area (Å²) in [5.74, 6) is 2.16. The minimum atomic E-state index is -0.340. The molecule has 3 aromatic rings. The maximum absolute atomic E-state index is 12.7. The van der Waals surface area contributed by atoms with Crippen LogP contribution in [0.25, 0.3) is 10.9 Å². The molecule has 6 nitrogen and oxygen atoms in total. The zero-order chi connectivity index (χ0) is 19.3. The summed E-state index contributed by atoms with van der Waals surface area (Å²) in [7, 11) is 0. The third-order valence-electron chi connectivity index (χ3n) is 6.49. The Hall–Kier alpha value is -2.86. The van der Waals surface area contributed by atoms with Gasteiger partial charge in [-0.05, 0) is 54.0 Å². The average Bonchev–Trinajstić information content (AvgIpc) is 2.99. The fraction of sp³-hybridized carbons (Fsp3) is 0.364. The zero-order valence-electron chi connectivity index (χ0n) is 15.5. The van der Waals surface area contributed by atoms with Crippen molar-refractivity contribution in [1.82, 2.24) is 14.5 Å². The highest BCUT2D eigenvalue weighted by Gasteiger charge is 2.47. The van der Waals surface area contributed by atoms with Gasteiger partial charge in [-0.15, -0.1) is 0 Å². The van der Waals surface area contributed by atoms with Crippen molar-refractivity contribution >= 4 is 10.9 Å². The van der Waals surface area contributed by atoms with E-state index in [4.69, 9.17) is 0 Å². The van der Waals surface area contributed by atoms with Crippen LogP contribution in [0.5, 0.6) is 5.75 Å². The minimum Gasteiger partial charge on any atom is -0.508 e. The molecule has 6 heteroatoms. The number of rotatable bonds is 4.